The van der Waals surface area contributed by atoms with E-state index in [-0.39, 0.29) is 0 Å². The minimum absolute atomic E-state index is 1.24. The van der Waals surface area contributed by atoms with E-state index >= 15 is 0 Å². The van der Waals surface area contributed by atoms with Gasteiger partial charge in [-0.15, -0.1) is 0 Å². The summed E-state index contributed by atoms with van der Waals surface area (Å²) in [5.41, 5.74) is 0. The molecule has 10 heteroatoms. The molecule has 0 aliphatic carbocycles. The van der Waals surface area contributed by atoms with Crippen molar-refractivity contribution in [2.24, 2.45) is 0 Å². The summed E-state index contributed by atoms with van der Waals surface area (Å²) in [6.45, 7) is 0. The van der Waals surface area contributed by atoms with Crippen molar-refractivity contribution in [2.75, 3.05) is 56.9 Å². The van der Waals surface area contributed by atoms with E-state index in [9.17, 15) is 0 Å². The zero-order valence-electron chi connectivity index (χ0n) is 13.6. The fraction of sp³-hybridized carbons (Fsp3) is 1.00. The molecule has 0 N–H and O–H groups in total. The second-order valence-corrected chi connectivity index (χ2v) is 3.34. The predicted molar refractivity (Wildman–Crippen MR) is 66.4 cm³/mol. The summed E-state index contributed by atoms with van der Waals surface area (Å²) in [6.07, 6.45) is -6.12. The molecule has 0 fully saturated rings. The molecule has 0 amide bonds. The molecule has 0 radical (unpaired) electrons. The quantitative estimate of drug-likeness (QED) is 0.459. The van der Waals surface area contributed by atoms with E-state index in [0.717, 1.165) is 0 Å². The second-order valence-electron chi connectivity index (χ2n) is 3.34. The van der Waals surface area contributed by atoms with Crippen LogP contribution in [0.25, 0.3) is 0 Å². The Morgan fingerprint density at radius 3 is 0.667 bits per heavy atom. The highest BCUT2D eigenvalue weighted by atomic mass is 17.2. The molecule has 10 nitrogen and oxygen atoms in total. The normalized spacial score (nSPS) is 13.7. The van der Waals surface area contributed by atoms with Crippen LogP contribution >= 0.6 is 0 Å². The third-order valence-corrected chi connectivity index (χ3v) is 2.50. The van der Waals surface area contributed by atoms with Crippen LogP contribution in [0.5, 0.6) is 0 Å². The summed E-state index contributed by atoms with van der Waals surface area (Å²) in [5.74, 6) is 0. The van der Waals surface area contributed by atoms with Gasteiger partial charge in [-0.1, -0.05) is 0 Å². The average molecular weight is 316 g/mol. The Hall–Kier alpha value is -0.400. The third-order valence-electron chi connectivity index (χ3n) is 2.50. The molecule has 21 heavy (non-hydrogen) atoms. The molecule has 0 saturated heterocycles. The molecule has 0 aliphatic rings. The summed E-state index contributed by atoms with van der Waals surface area (Å²) in [5, 5.41) is 0. The van der Waals surface area contributed by atoms with E-state index < -0.39 is 18.5 Å². The topological polar surface area (TPSA) is 92.3 Å². The van der Waals surface area contributed by atoms with Crippen LogP contribution in [-0.2, 0) is 47.4 Å². The van der Waals surface area contributed by atoms with Crippen LogP contribution in [0.2, 0.25) is 0 Å². The smallest absolute Gasteiger partial charge is 0.306 e. The number of hydrogen-bond acceptors (Lipinski definition) is 10. The van der Waals surface area contributed by atoms with Crippen molar-refractivity contribution >= 4 is 0 Å². The highest BCUT2D eigenvalue weighted by molar-refractivity contribution is 4.49. The number of hydrogen-bond donors (Lipinski definition) is 0. The van der Waals surface area contributed by atoms with Gasteiger partial charge >= 0.3 is 18.5 Å². The van der Waals surface area contributed by atoms with Crippen molar-refractivity contribution in [1.82, 2.24) is 0 Å². The maximum absolute atomic E-state index is 5.36. The summed E-state index contributed by atoms with van der Waals surface area (Å²) in [6, 6.07) is 0. The molecule has 0 heterocycles. The molecule has 0 saturated carbocycles. The molecular formula is C11H24O10. The van der Waals surface area contributed by atoms with Gasteiger partial charge in [-0.2, -0.15) is 0 Å². The minimum Gasteiger partial charge on any atom is -0.306 e. The first-order valence-corrected chi connectivity index (χ1v) is 5.72. The molecule has 0 bridgehead atoms. The number of rotatable bonds is 12. The van der Waals surface area contributed by atoms with Gasteiger partial charge in [0, 0.05) is 56.9 Å². The molecule has 0 unspecified atom stereocenters. The Kier molecular flexibility index (Phi) is 8.73. The van der Waals surface area contributed by atoms with Crippen molar-refractivity contribution < 1.29 is 47.4 Å². The first kappa shape index (κ1) is 20.6. The van der Waals surface area contributed by atoms with E-state index in [4.69, 9.17) is 47.4 Å². The SMILES string of the molecule is COC(OC)(OC)OC(OC)(OC)OC(OC)(OC)OC. The first-order chi connectivity index (χ1) is 9.90. The number of methoxy groups -OCH3 is 8. The Labute approximate surface area is 124 Å². The van der Waals surface area contributed by atoms with Crippen LogP contribution in [-0.4, -0.2) is 75.4 Å². The Morgan fingerprint density at radius 1 is 0.333 bits per heavy atom. The van der Waals surface area contributed by atoms with Gasteiger partial charge in [0.05, 0.1) is 0 Å². The van der Waals surface area contributed by atoms with E-state index in [0.29, 0.717) is 0 Å². The van der Waals surface area contributed by atoms with Crippen LogP contribution in [0.3, 0.4) is 0 Å². The van der Waals surface area contributed by atoms with Crippen LogP contribution < -0.4 is 0 Å². The third kappa shape index (κ3) is 4.79. The largest absolute Gasteiger partial charge is 0.424 e. The van der Waals surface area contributed by atoms with Crippen LogP contribution in [0, 0.1) is 0 Å². The molecule has 0 aliphatic heterocycles. The van der Waals surface area contributed by atoms with Crippen molar-refractivity contribution in [1.29, 1.82) is 0 Å². The van der Waals surface area contributed by atoms with Crippen molar-refractivity contribution in [3.8, 4) is 0 Å². The highest BCUT2D eigenvalue weighted by Gasteiger charge is 2.53. The lowest BCUT2D eigenvalue weighted by atomic mass is 10.9. The lowest BCUT2D eigenvalue weighted by molar-refractivity contribution is -0.659. The van der Waals surface area contributed by atoms with E-state index in [1.54, 1.807) is 0 Å². The lowest BCUT2D eigenvalue weighted by Crippen LogP contribution is -2.57. The maximum atomic E-state index is 5.36. The van der Waals surface area contributed by atoms with Gasteiger partial charge in [-0.3, -0.25) is 0 Å². The minimum atomic E-state index is -2.19. The summed E-state index contributed by atoms with van der Waals surface area (Å²) in [7, 11) is 10.1. The zero-order chi connectivity index (χ0) is 16.6. The summed E-state index contributed by atoms with van der Waals surface area (Å²) >= 11 is 0. The Balaban J connectivity index is 5.42. The van der Waals surface area contributed by atoms with Gasteiger partial charge in [-0.05, 0) is 0 Å². The molecule has 0 aromatic carbocycles. The monoisotopic (exact) mass is 316 g/mol. The van der Waals surface area contributed by atoms with Crippen molar-refractivity contribution in [3.63, 3.8) is 0 Å². The van der Waals surface area contributed by atoms with Gasteiger partial charge in [-0.25, -0.2) is 9.47 Å². The van der Waals surface area contributed by atoms with Gasteiger partial charge in [0.2, 0.25) is 0 Å². The lowest BCUT2D eigenvalue weighted by Gasteiger charge is -2.40. The highest BCUT2D eigenvalue weighted by Crippen LogP contribution is 2.31. The zero-order valence-corrected chi connectivity index (χ0v) is 13.6. The predicted octanol–water partition coefficient (Wildman–Crippen LogP) is 0.0247. The van der Waals surface area contributed by atoms with Gasteiger partial charge in [0.25, 0.3) is 0 Å². The number of ether oxygens (including phenoxy) is 10. The average Bonchev–Trinajstić information content (AvgIpc) is 2.57. The molecule has 0 aromatic heterocycles. The standard InChI is InChI=1S/C11H24O10/c1-12-9(13-2,14-3)20-11(18-7,19-8)21-10(15-4,16-5)17-6/h1-8H3. The van der Waals surface area contributed by atoms with Gasteiger partial charge in [0.1, 0.15) is 0 Å². The first-order valence-electron chi connectivity index (χ1n) is 5.72. The molecule has 0 aromatic rings. The second kappa shape index (κ2) is 8.90. The summed E-state index contributed by atoms with van der Waals surface area (Å²) < 4.78 is 50.7. The fourth-order valence-electron chi connectivity index (χ4n) is 1.33. The maximum Gasteiger partial charge on any atom is 0.424 e. The summed E-state index contributed by atoms with van der Waals surface area (Å²) in [4.78, 5) is 0. The van der Waals surface area contributed by atoms with Crippen LogP contribution in [0.4, 0.5) is 0 Å². The molecule has 0 spiro atoms. The van der Waals surface area contributed by atoms with Gasteiger partial charge in [0.15, 0.2) is 0 Å². The molecule has 128 valence electrons. The Bertz CT molecular complexity index is 232. The van der Waals surface area contributed by atoms with E-state index in [2.05, 4.69) is 0 Å². The molecular weight excluding hydrogens is 292 g/mol. The van der Waals surface area contributed by atoms with Crippen LogP contribution in [0.15, 0.2) is 0 Å². The fourth-order valence-corrected chi connectivity index (χ4v) is 1.33. The molecule has 0 atom stereocenters. The van der Waals surface area contributed by atoms with Crippen molar-refractivity contribution in [2.45, 2.75) is 18.5 Å². The van der Waals surface area contributed by atoms with E-state index in [1.807, 2.05) is 0 Å². The van der Waals surface area contributed by atoms with Crippen molar-refractivity contribution in [3.05, 3.63) is 0 Å². The molecule has 0 rings (SSSR count). The van der Waals surface area contributed by atoms with Crippen LogP contribution in [0.1, 0.15) is 0 Å². The van der Waals surface area contributed by atoms with Gasteiger partial charge < -0.3 is 37.9 Å². The Morgan fingerprint density at radius 2 is 0.524 bits per heavy atom. The van der Waals surface area contributed by atoms with E-state index in [1.165, 1.54) is 56.9 Å².